The van der Waals surface area contributed by atoms with Crippen molar-refractivity contribution in [2.75, 3.05) is 56.1 Å². The maximum atomic E-state index is 14.4. The SMILES string of the molecule is CNCC1Cc2ccccc2N(C(=O)[C@@H](Cc2c[nH]c3ccccc23)NC(=O)N2CCN(c3ccccc3)CC2)C1. The number of aromatic nitrogens is 1. The number of hydrogen-bond acceptors (Lipinski definition) is 4. The van der Waals surface area contributed by atoms with Gasteiger partial charge in [0.1, 0.15) is 6.04 Å². The van der Waals surface area contributed by atoms with Crippen molar-refractivity contribution < 1.29 is 9.59 Å². The Bertz CT molecular complexity index is 1490. The second-order valence-corrected chi connectivity index (χ2v) is 11.1. The van der Waals surface area contributed by atoms with Crippen LogP contribution >= 0.6 is 0 Å². The molecule has 0 radical (unpaired) electrons. The van der Waals surface area contributed by atoms with Gasteiger partial charge in [0.05, 0.1) is 0 Å². The van der Waals surface area contributed by atoms with Crippen LogP contribution in [0.25, 0.3) is 10.9 Å². The number of H-pyrrole nitrogens is 1. The fraction of sp³-hybridized carbons (Fsp3) is 0.333. The Labute approximate surface area is 241 Å². The van der Waals surface area contributed by atoms with Crippen molar-refractivity contribution in [3.05, 3.63) is 96.2 Å². The van der Waals surface area contributed by atoms with Crippen molar-refractivity contribution in [3.8, 4) is 0 Å². The van der Waals surface area contributed by atoms with E-state index < -0.39 is 6.04 Å². The summed E-state index contributed by atoms with van der Waals surface area (Å²) in [6.45, 7) is 4.15. The molecule has 0 aliphatic carbocycles. The van der Waals surface area contributed by atoms with Crippen LogP contribution in [0.4, 0.5) is 16.2 Å². The highest BCUT2D eigenvalue weighted by Crippen LogP contribution is 2.31. The molecule has 8 nitrogen and oxygen atoms in total. The molecule has 3 heterocycles. The lowest BCUT2D eigenvalue weighted by Gasteiger charge is -2.38. The summed E-state index contributed by atoms with van der Waals surface area (Å²) in [5.74, 6) is 0.231. The zero-order chi connectivity index (χ0) is 28.2. The minimum absolute atomic E-state index is 0.0696. The van der Waals surface area contributed by atoms with Crippen LogP contribution in [0.3, 0.4) is 0 Å². The average molecular weight is 551 g/mol. The van der Waals surface area contributed by atoms with Crippen LogP contribution in [0.5, 0.6) is 0 Å². The Balaban J connectivity index is 1.24. The van der Waals surface area contributed by atoms with Crippen molar-refractivity contribution >= 4 is 34.2 Å². The third-order valence-electron chi connectivity index (χ3n) is 8.37. The molecule has 0 bridgehead atoms. The summed E-state index contributed by atoms with van der Waals surface area (Å²) in [4.78, 5) is 37.4. The van der Waals surface area contributed by atoms with E-state index in [9.17, 15) is 9.59 Å². The average Bonchev–Trinajstić information content (AvgIpc) is 3.43. The summed E-state index contributed by atoms with van der Waals surface area (Å²) in [6, 6.07) is 25.6. The lowest BCUT2D eigenvalue weighted by atomic mass is 9.91. The van der Waals surface area contributed by atoms with E-state index in [-0.39, 0.29) is 11.9 Å². The summed E-state index contributed by atoms with van der Waals surface area (Å²) in [6.07, 6.45) is 3.30. The number of amides is 3. The largest absolute Gasteiger partial charge is 0.368 e. The third-order valence-corrected chi connectivity index (χ3v) is 8.37. The van der Waals surface area contributed by atoms with Crippen molar-refractivity contribution in [1.29, 1.82) is 0 Å². The summed E-state index contributed by atoms with van der Waals surface area (Å²) in [5, 5.41) is 7.52. The smallest absolute Gasteiger partial charge is 0.318 e. The molecule has 1 fully saturated rings. The fourth-order valence-corrected chi connectivity index (χ4v) is 6.27. The van der Waals surface area contributed by atoms with Crippen LogP contribution in [-0.4, -0.2) is 74.2 Å². The normalized spacial score (nSPS) is 17.8. The molecule has 6 rings (SSSR count). The van der Waals surface area contributed by atoms with Crippen molar-refractivity contribution in [3.63, 3.8) is 0 Å². The van der Waals surface area contributed by atoms with Gasteiger partial charge in [0.25, 0.3) is 0 Å². The summed E-state index contributed by atoms with van der Waals surface area (Å²) >= 11 is 0. The van der Waals surface area contributed by atoms with E-state index in [1.807, 2.05) is 77.6 Å². The second kappa shape index (κ2) is 12.1. The molecule has 3 N–H and O–H groups in total. The molecule has 4 aromatic rings. The first-order valence-corrected chi connectivity index (χ1v) is 14.5. The Kier molecular flexibility index (Phi) is 7.91. The van der Waals surface area contributed by atoms with Gasteiger partial charge in [-0.1, -0.05) is 54.6 Å². The second-order valence-electron chi connectivity index (χ2n) is 11.1. The topological polar surface area (TPSA) is 83.7 Å². The van der Waals surface area contributed by atoms with Crippen LogP contribution in [0.2, 0.25) is 0 Å². The maximum Gasteiger partial charge on any atom is 0.318 e. The number of anilines is 2. The van der Waals surface area contributed by atoms with Crippen LogP contribution in [0.1, 0.15) is 11.1 Å². The van der Waals surface area contributed by atoms with Crippen LogP contribution in [-0.2, 0) is 17.6 Å². The summed E-state index contributed by atoms with van der Waals surface area (Å²) < 4.78 is 0. The minimum atomic E-state index is -0.699. The number of urea groups is 1. The Morgan fingerprint density at radius 3 is 2.46 bits per heavy atom. The quantitative estimate of drug-likeness (QED) is 0.325. The van der Waals surface area contributed by atoms with Gasteiger partial charge in [-0.2, -0.15) is 0 Å². The molecule has 41 heavy (non-hydrogen) atoms. The van der Waals surface area contributed by atoms with E-state index in [1.54, 1.807) is 0 Å². The van der Waals surface area contributed by atoms with Gasteiger partial charge in [-0.25, -0.2) is 4.79 Å². The van der Waals surface area contributed by atoms with E-state index in [0.29, 0.717) is 32.0 Å². The number of carbonyl (C=O) groups excluding carboxylic acids is 2. The number of aromatic amines is 1. The molecular formula is C33H38N6O2. The first kappa shape index (κ1) is 26.9. The van der Waals surface area contributed by atoms with Crippen molar-refractivity contribution in [2.45, 2.75) is 18.9 Å². The number of carbonyl (C=O) groups is 2. The lowest BCUT2D eigenvalue weighted by molar-refractivity contribution is -0.120. The molecule has 0 saturated carbocycles. The molecule has 3 aromatic carbocycles. The van der Waals surface area contributed by atoms with Crippen molar-refractivity contribution in [2.24, 2.45) is 5.92 Å². The highest BCUT2D eigenvalue weighted by molar-refractivity contribution is 6.00. The van der Waals surface area contributed by atoms with Crippen LogP contribution in [0, 0.1) is 5.92 Å². The van der Waals surface area contributed by atoms with Gasteiger partial charge in [0.2, 0.25) is 5.91 Å². The van der Waals surface area contributed by atoms with E-state index in [4.69, 9.17) is 0 Å². The fourth-order valence-electron chi connectivity index (χ4n) is 6.27. The molecule has 2 atom stereocenters. The highest BCUT2D eigenvalue weighted by atomic mass is 16.2. The summed E-state index contributed by atoms with van der Waals surface area (Å²) in [7, 11) is 1.95. The molecule has 1 saturated heterocycles. The van der Waals surface area contributed by atoms with Crippen molar-refractivity contribution in [1.82, 2.24) is 20.5 Å². The van der Waals surface area contributed by atoms with Gasteiger partial charge in [0, 0.05) is 67.6 Å². The Morgan fingerprint density at radius 2 is 1.66 bits per heavy atom. The Hall–Kier alpha value is -4.30. The molecule has 212 valence electrons. The monoisotopic (exact) mass is 550 g/mol. The van der Waals surface area contributed by atoms with E-state index in [2.05, 4.69) is 44.8 Å². The van der Waals surface area contributed by atoms with Gasteiger partial charge in [-0.05, 0) is 61.3 Å². The highest BCUT2D eigenvalue weighted by Gasteiger charge is 2.34. The zero-order valence-electron chi connectivity index (χ0n) is 23.6. The number of para-hydroxylation sites is 3. The van der Waals surface area contributed by atoms with E-state index >= 15 is 0 Å². The van der Waals surface area contributed by atoms with Gasteiger partial charge in [0.15, 0.2) is 0 Å². The lowest BCUT2D eigenvalue weighted by Crippen LogP contribution is -2.58. The number of benzene rings is 3. The first-order valence-electron chi connectivity index (χ1n) is 14.5. The third kappa shape index (κ3) is 5.79. The van der Waals surface area contributed by atoms with Crippen LogP contribution < -0.4 is 20.4 Å². The number of fused-ring (bicyclic) bond motifs is 2. The van der Waals surface area contributed by atoms with Gasteiger partial charge in [-0.15, -0.1) is 0 Å². The van der Waals surface area contributed by atoms with Crippen LogP contribution in [0.15, 0.2) is 85.1 Å². The van der Waals surface area contributed by atoms with Gasteiger partial charge >= 0.3 is 6.03 Å². The number of rotatable bonds is 7. The molecule has 2 aliphatic heterocycles. The molecule has 2 aliphatic rings. The molecular weight excluding hydrogens is 512 g/mol. The Morgan fingerprint density at radius 1 is 0.927 bits per heavy atom. The number of nitrogens with zero attached hydrogens (tertiary/aromatic N) is 3. The zero-order valence-corrected chi connectivity index (χ0v) is 23.6. The number of nitrogens with one attached hydrogen (secondary N) is 3. The van der Waals surface area contributed by atoms with E-state index in [1.165, 1.54) is 11.3 Å². The first-order chi connectivity index (χ1) is 20.1. The predicted octanol–water partition coefficient (Wildman–Crippen LogP) is 4.04. The molecule has 1 aromatic heterocycles. The summed E-state index contributed by atoms with van der Waals surface area (Å²) in [5.41, 5.74) is 5.32. The van der Waals surface area contributed by atoms with E-state index in [0.717, 1.165) is 48.2 Å². The van der Waals surface area contributed by atoms with Gasteiger partial charge < -0.3 is 30.3 Å². The maximum absolute atomic E-state index is 14.4. The molecule has 8 heteroatoms. The minimum Gasteiger partial charge on any atom is -0.368 e. The molecule has 3 amide bonds. The van der Waals surface area contributed by atoms with Gasteiger partial charge in [-0.3, -0.25) is 4.79 Å². The predicted molar refractivity (Wildman–Crippen MR) is 164 cm³/mol. The molecule has 1 unspecified atom stereocenters. The standard InChI is InChI=1S/C33H38N6O2/c1-34-21-24-19-25-9-5-8-14-31(25)39(23-24)32(40)30(20-26-22-35-29-13-7-6-12-28(26)29)36-33(41)38-17-15-37(16-18-38)27-10-3-2-4-11-27/h2-14,22,24,30,34-35H,15-21,23H2,1H3,(H,36,41)/t24?,30-/m1/s1. The molecule has 0 spiro atoms. The number of piperazine rings is 1. The number of hydrogen-bond donors (Lipinski definition) is 3.